The Hall–Kier alpha value is -2.34. The molecule has 0 bridgehead atoms. The zero-order valence-corrected chi connectivity index (χ0v) is 8.84. The van der Waals surface area contributed by atoms with E-state index >= 15 is 0 Å². The average molecular weight is 210 g/mol. The highest BCUT2D eigenvalue weighted by Gasteiger charge is 2.03. The van der Waals surface area contributed by atoms with E-state index in [1.54, 1.807) is 12.3 Å². The van der Waals surface area contributed by atoms with Crippen LogP contribution in [0.15, 0.2) is 52.1 Å². The van der Waals surface area contributed by atoms with Crippen molar-refractivity contribution in [3.8, 4) is 6.07 Å². The summed E-state index contributed by atoms with van der Waals surface area (Å²) in [6, 6.07) is 13.0. The molecule has 0 saturated carbocycles. The molecule has 0 atom stereocenters. The van der Waals surface area contributed by atoms with Crippen molar-refractivity contribution in [2.75, 3.05) is 0 Å². The molecule has 0 aliphatic rings. The lowest BCUT2D eigenvalue weighted by molar-refractivity contribution is 0.557. The van der Waals surface area contributed by atoms with Crippen LogP contribution in [0.4, 0.5) is 5.69 Å². The molecule has 1 aromatic heterocycles. The van der Waals surface area contributed by atoms with Crippen molar-refractivity contribution in [1.29, 1.82) is 5.26 Å². The van der Waals surface area contributed by atoms with Gasteiger partial charge in [0.15, 0.2) is 0 Å². The summed E-state index contributed by atoms with van der Waals surface area (Å²) in [7, 11) is 0. The van der Waals surface area contributed by atoms with Crippen molar-refractivity contribution in [3.05, 3.63) is 54.0 Å². The second-order valence-corrected chi connectivity index (χ2v) is 3.30. The Labute approximate surface area is 93.7 Å². The van der Waals surface area contributed by atoms with Crippen LogP contribution in [0.1, 0.15) is 18.2 Å². The molecule has 3 heteroatoms. The standard InChI is InChI=1S/C13H10N2O/c1-10(13-7-4-8-16-13)15-12-6-3-2-5-11(12)9-14/h2-8H,1H3. The molecule has 0 aliphatic heterocycles. The molecule has 0 saturated heterocycles. The van der Waals surface area contributed by atoms with Gasteiger partial charge in [-0.3, -0.25) is 0 Å². The molecule has 2 rings (SSSR count). The van der Waals surface area contributed by atoms with Gasteiger partial charge in [-0.05, 0) is 31.2 Å². The Bertz CT molecular complexity index is 548. The number of aliphatic imine (C=N–C) groups is 1. The third kappa shape index (κ3) is 2.01. The fraction of sp³-hybridized carbons (Fsp3) is 0.0769. The van der Waals surface area contributed by atoms with Crippen molar-refractivity contribution < 1.29 is 4.42 Å². The monoisotopic (exact) mass is 210 g/mol. The van der Waals surface area contributed by atoms with Gasteiger partial charge in [-0.1, -0.05) is 12.1 Å². The molecule has 0 radical (unpaired) electrons. The smallest absolute Gasteiger partial charge is 0.147 e. The number of rotatable bonds is 2. The van der Waals surface area contributed by atoms with E-state index in [2.05, 4.69) is 11.1 Å². The maximum absolute atomic E-state index is 8.92. The predicted molar refractivity (Wildman–Crippen MR) is 61.7 cm³/mol. The van der Waals surface area contributed by atoms with Crippen LogP contribution in [0.2, 0.25) is 0 Å². The van der Waals surface area contributed by atoms with Crippen LogP contribution < -0.4 is 0 Å². The van der Waals surface area contributed by atoms with Crippen LogP contribution in [0, 0.1) is 11.3 Å². The molecule has 0 unspecified atom stereocenters. The molecular formula is C13H10N2O. The Kier molecular flexibility index (Phi) is 2.84. The highest BCUT2D eigenvalue weighted by atomic mass is 16.3. The molecule has 78 valence electrons. The third-order valence-electron chi connectivity index (χ3n) is 2.19. The Morgan fingerprint density at radius 1 is 1.25 bits per heavy atom. The van der Waals surface area contributed by atoms with Gasteiger partial charge in [-0.2, -0.15) is 5.26 Å². The van der Waals surface area contributed by atoms with Crippen LogP contribution in [-0.2, 0) is 0 Å². The van der Waals surface area contributed by atoms with Gasteiger partial charge in [0.25, 0.3) is 0 Å². The van der Waals surface area contributed by atoms with Crippen LogP contribution in [0.5, 0.6) is 0 Å². The second-order valence-electron chi connectivity index (χ2n) is 3.30. The van der Waals surface area contributed by atoms with Crippen LogP contribution in [-0.4, -0.2) is 5.71 Å². The average Bonchev–Trinajstić information content (AvgIpc) is 2.83. The number of furan rings is 1. The third-order valence-corrected chi connectivity index (χ3v) is 2.19. The van der Waals surface area contributed by atoms with E-state index in [1.807, 2.05) is 37.3 Å². The number of nitriles is 1. The van der Waals surface area contributed by atoms with Crippen LogP contribution in [0.3, 0.4) is 0 Å². The van der Waals surface area contributed by atoms with E-state index in [0.29, 0.717) is 17.0 Å². The van der Waals surface area contributed by atoms with Gasteiger partial charge in [0.1, 0.15) is 11.8 Å². The fourth-order valence-electron chi connectivity index (χ4n) is 1.39. The van der Waals surface area contributed by atoms with Crippen molar-refractivity contribution in [3.63, 3.8) is 0 Å². The minimum Gasteiger partial charge on any atom is -0.463 e. The number of para-hydroxylation sites is 1. The minimum absolute atomic E-state index is 0.563. The lowest BCUT2D eigenvalue weighted by Gasteiger charge is -1.99. The SMILES string of the molecule is CC(=Nc1ccccc1C#N)c1ccco1. The maximum Gasteiger partial charge on any atom is 0.147 e. The van der Waals surface area contributed by atoms with Gasteiger partial charge in [0.2, 0.25) is 0 Å². The van der Waals surface area contributed by atoms with Crippen molar-refractivity contribution >= 4 is 11.4 Å². The number of hydrogen-bond acceptors (Lipinski definition) is 3. The van der Waals surface area contributed by atoms with E-state index in [0.717, 1.165) is 5.71 Å². The highest BCUT2D eigenvalue weighted by Crippen LogP contribution is 2.19. The Morgan fingerprint density at radius 3 is 2.75 bits per heavy atom. The fourth-order valence-corrected chi connectivity index (χ4v) is 1.39. The molecule has 0 aliphatic carbocycles. The molecular weight excluding hydrogens is 200 g/mol. The zero-order valence-electron chi connectivity index (χ0n) is 8.84. The Balaban J connectivity index is 2.40. The van der Waals surface area contributed by atoms with Gasteiger partial charge in [-0.25, -0.2) is 4.99 Å². The number of nitrogens with zero attached hydrogens (tertiary/aromatic N) is 2. The molecule has 3 nitrogen and oxygen atoms in total. The van der Waals surface area contributed by atoms with Gasteiger partial charge >= 0.3 is 0 Å². The maximum atomic E-state index is 8.92. The molecule has 2 aromatic rings. The van der Waals surface area contributed by atoms with Crippen molar-refractivity contribution in [1.82, 2.24) is 0 Å². The quantitative estimate of drug-likeness (QED) is 0.714. The predicted octanol–water partition coefficient (Wildman–Crippen LogP) is 3.29. The molecule has 0 spiro atoms. The second kappa shape index (κ2) is 4.45. The summed E-state index contributed by atoms with van der Waals surface area (Å²) in [5.74, 6) is 0.716. The molecule has 0 fully saturated rings. The topological polar surface area (TPSA) is 49.3 Å². The molecule has 16 heavy (non-hydrogen) atoms. The number of hydrogen-bond donors (Lipinski definition) is 0. The summed E-state index contributed by atoms with van der Waals surface area (Å²) in [6.45, 7) is 1.85. The molecule has 1 heterocycles. The van der Waals surface area contributed by atoms with Crippen LogP contribution >= 0.6 is 0 Å². The Morgan fingerprint density at radius 2 is 2.06 bits per heavy atom. The normalized spacial score (nSPS) is 11.1. The molecule has 0 amide bonds. The van der Waals surface area contributed by atoms with E-state index in [4.69, 9.17) is 9.68 Å². The summed E-state index contributed by atoms with van der Waals surface area (Å²) in [5, 5.41) is 8.92. The van der Waals surface area contributed by atoms with Crippen molar-refractivity contribution in [2.45, 2.75) is 6.92 Å². The summed E-state index contributed by atoms with van der Waals surface area (Å²) in [6.07, 6.45) is 1.60. The lowest BCUT2D eigenvalue weighted by Crippen LogP contribution is -1.91. The first-order chi connectivity index (χ1) is 7.81. The molecule has 0 N–H and O–H groups in total. The van der Waals surface area contributed by atoms with Gasteiger partial charge in [0.05, 0.1) is 23.2 Å². The van der Waals surface area contributed by atoms with E-state index in [1.165, 1.54) is 0 Å². The minimum atomic E-state index is 0.563. The lowest BCUT2D eigenvalue weighted by atomic mass is 10.2. The largest absolute Gasteiger partial charge is 0.463 e. The van der Waals surface area contributed by atoms with E-state index in [-0.39, 0.29) is 0 Å². The van der Waals surface area contributed by atoms with E-state index < -0.39 is 0 Å². The number of benzene rings is 1. The van der Waals surface area contributed by atoms with Gasteiger partial charge in [0, 0.05) is 0 Å². The zero-order chi connectivity index (χ0) is 11.4. The first kappa shape index (κ1) is 10.2. The van der Waals surface area contributed by atoms with Crippen LogP contribution in [0.25, 0.3) is 0 Å². The van der Waals surface area contributed by atoms with Crippen molar-refractivity contribution in [2.24, 2.45) is 4.99 Å². The first-order valence-corrected chi connectivity index (χ1v) is 4.89. The first-order valence-electron chi connectivity index (χ1n) is 4.89. The highest BCUT2D eigenvalue weighted by molar-refractivity contribution is 5.98. The molecule has 1 aromatic carbocycles. The summed E-state index contributed by atoms with van der Waals surface area (Å²) >= 11 is 0. The summed E-state index contributed by atoms with van der Waals surface area (Å²) in [5.41, 5.74) is 1.99. The van der Waals surface area contributed by atoms with E-state index in [9.17, 15) is 0 Å². The summed E-state index contributed by atoms with van der Waals surface area (Å²) < 4.78 is 5.23. The van der Waals surface area contributed by atoms with Gasteiger partial charge in [-0.15, -0.1) is 0 Å². The summed E-state index contributed by atoms with van der Waals surface area (Å²) in [4.78, 5) is 4.37. The van der Waals surface area contributed by atoms with Gasteiger partial charge < -0.3 is 4.42 Å².